The molecular formula is C30H27ClN4O7. The molecule has 0 aliphatic carbocycles. The molecular weight excluding hydrogens is 564 g/mol. The molecule has 3 amide bonds. The minimum absolute atomic E-state index is 0.197. The molecule has 0 bridgehead atoms. The average Bonchev–Trinajstić information content (AvgIpc) is 3.23. The second-order valence-corrected chi connectivity index (χ2v) is 10.2. The second-order valence-electron chi connectivity index (χ2n) is 9.74. The first-order chi connectivity index (χ1) is 20.2. The van der Waals surface area contributed by atoms with E-state index in [4.69, 9.17) is 26.1 Å². The Morgan fingerprint density at radius 2 is 1.83 bits per heavy atom. The standard InChI is InChI=1S/C30H27ClN4O7/c1-17-13-19(31)11-12-21(17)34-30(40)41-16-23-28(38)35(15-25(36)32-22-14-26(37)42-29(22)39)24-10-6-5-9-20(24)27(33-23)18-7-3-2-4-8-18/h2-13,22-23,29,39H,14-16H2,1H3,(H,32,36)(H,34,40)/t22-,23-,29?/m1/s1. The SMILES string of the molecule is Cc1cc(Cl)ccc1NC(=O)OC[C@H]1N=C(c2ccccc2)c2ccccc2N(CC(=O)N[C@@H]2CC(=O)OC2O)C1=O. The Morgan fingerprint density at radius 3 is 2.55 bits per heavy atom. The summed E-state index contributed by atoms with van der Waals surface area (Å²) >= 11 is 6.00. The lowest BCUT2D eigenvalue weighted by Crippen LogP contribution is -2.49. The molecule has 5 rings (SSSR count). The number of esters is 1. The molecule has 0 saturated carbocycles. The van der Waals surface area contributed by atoms with Gasteiger partial charge in [0.25, 0.3) is 5.91 Å². The molecule has 2 aliphatic heterocycles. The van der Waals surface area contributed by atoms with E-state index in [2.05, 4.69) is 10.6 Å². The van der Waals surface area contributed by atoms with Crippen LogP contribution in [0.4, 0.5) is 16.2 Å². The van der Waals surface area contributed by atoms with E-state index in [0.29, 0.717) is 27.7 Å². The lowest BCUT2D eigenvalue weighted by Gasteiger charge is -2.25. The highest BCUT2D eigenvalue weighted by Crippen LogP contribution is 2.29. The number of aliphatic hydroxyl groups excluding tert-OH is 1. The summed E-state index contributed by atoms with van der Waals surface area (Å²) in [5.41, 5.74) is 3.43. The van der Waals surface area contributed by atoms with Crippen molar-refractivity contribution in [2.45, 2.75) is 31.7 Å². The summed E-state index contributed by atoms with van der Waals surface area (Å²) in [7, 11) is 0. The number of fused-ring (bicyclic) bond motifs is 1. The number of nitrogens with zero attached hydrogens (tertiary/aromatic N) is 2. The molecule has 1 unspecified atom stereocenters. The van der Waals surface area contributed by atoms with Crippen LogP contribution in [0.1, 0.15) is 23.1 Å². The summed E-state index contributed by atoms with van der Waals surface area (Å²) in [5.74, 6) is -1.85. The van der Waals surface area contributed by atoms with Crippen molar-refractivity contribution in [2.24, 2.45) is 4.99 Å². The zero-order valence-corrected chi connectivity index (χ0v) is 23.2. The van der Waals surface area contributed by atoms with E-state index in [0.717, 1.165) is 11.1 Å². The molecule has 11 nitrogen and oxygen atoms in total. The van der Waals surface area contributed by atoms with Crippen molar-refractivity contribution in [2.75, 3.05) is 23.4 Å². The van der Waals surface area contributed by atoms with Gasteiger partial charge in [-0.25, -0.2) is 4.79 Å². The van der Waals surface area contributed by atoms with Crippen molar-refractivity contribution in [3.05, 3.63) is 94.5 Å². The molecule has 42 heavy (non-hydrogen) atoms. The van der Waals surface area contributed by atoms with Crippen LogP contribution in [0.2, 0.25) is 5.02 Å². The first-order valence-corrected chi connectivity index (χ1v) is 13.5. The number of aliphatic imine (C=N–C) groups is 1. The summed E-state index contributed by atoms with van der Waals surface area (Å²) in [6, 6.07) is 19.0. The largest absolute Gasteiger partial charge is 0.446 e. The van der Waals surface area contributed by atoms with Crippen LogP contribution >= 0.6 is 11.6 Å². The van der Waals surface area contributed by atoms with Crippen molar-refractivity contribution in [1.29, 1.82) is 0 Å². The van der Waals surface area contributed by atoms with Gasteiger partial charge in [-0.05, 0) is 36.8 Å². The molecule has 3 N–H and O–H groups in total. The number of aliphatic hydroxyl groups is 1. The number of para-hydroxylation sites is 1. The monoisotopic (exact) mass is 590 g/mol. The van der Waals surface area contributed by atoms with Gasteiger partial charge in [-0.3, -0.25) is 24.7 Å². The highest BCUT2D eigenvalue weighted by atomic mass is 35.5. The molecule has 3 aromatic rings. The number of aryl methyl sites for hydroxylation is 1. The van der Waals surface area contributed by atoms with Crippen LogP contribution in [0.5, 0.6) is 0 Å². The van der Waals surface area contributed by atoms with Gasteiger partial charge in [0.1, 0.15) is 19.2 Å². The summed E-state index contributed by atoms with van der Waals surface area (Å²) in [6.45, 7) is 0.917. The Labute approximate surface area is 246 Å². The van der Waals surface area contributed by atoms with E-state index in [9.17, 15) is 24.3 Å². The van der Waals surface area contributed by atoms with Gasteiger partial charge >= 0.3 is 12.1 Å². The molecule has 1 fully saturated rings. The number of hydrogen-bond donors (Lipinski definition) is 3. The maximum absolute atomic E-state index is 13.9. The van der Waals surface area contributed by atoms with Crippen molar-refractivity contribution >= 4 is 52.6 Å². The summed E-state index contributed by atoms with van der Waals surface area (Å²) in [5, 5.41) is 15.6. The van der Waals surface area contributed by atoms with E-state index in [1.165, 1.54) is 4.90 Å². The van der Waals surface area contributed by atoms with Crippen molar-refractivity contribution in [3.8, 4) is 0 Å². The Kier molecular flexibility index (Phi) is 8.51. The fourth-order valence-corrected chi connectivity index (χ4v) is 4.94. The maximum Gasteiger partial charge on any atom is 0.411 e. The normalized spacial score (nSPS) is 19.7. The lowest BCUT2D eigenvalue weighted by molar-refractivity contribution is -0.155. The van der Waals surface area contributed by atoms with Gasteiger partial charge in [-0.2, -0.15) is 0 Å². The molecule has 2 aliphatic rings. The van der Waals surface area contributed by atoms with Crippen molar-refractivity contribution < 1.29 is 33.8 Å². The van der Waals surface area contributed by atoms with Gasteiger partial charge in [0, 0.05) is 21.8 Å². The Bertz CT molecular complexity index is 1560. The topological polar surface area (TPSA) is 147 Å². The van der Waals surface area contributed by atoms with Gasteiger partial charge in [0.05, 0.1) is 17.8 Å². The van der Waals surface area contributed by atoms with E-state index < -0.39 is 55.4 Å². The number of amides is 3. The number of hydrogen-bond acceptors (Lipinski definition) is 8. The number of cyclic esters (lactones) is 1. The first-order valence-electron chi connectivity index (χ1n) is 13.1. The highest BCUT2D eigenvalue weighted by molar-refractivity contribution is 6.30. The highest BCUT2D eigenvalue weighted by Gasteiger charge is 2.37. The smallest absolute Gasteiger partial charge is 0.411 e. The number of benzodiazepines with no additional fused rings is 1. The van der Waals surface area contributed by atoms with Crippen molar-refractivity contribution in [3.63, 3.8) is 0 Å². The van der Waals surface area contributed by atoms with E-state index in [-0.39, 0.29) is 6.42 Å². The minimum atomic E-state index is -1.48. The van der Waals surface area contributed by atoms with Gasteiger partial charge in [-0.15, -0.1) is 0 Å². The van der Waals surface area contributed by atoms with Crippen LogP contribution in [-0.4, -0.2) is 66.2 Å². The molecule has 0 radical (unpaired) electrons. The van der Waals surface area contributed by atoms with Gasteiger partial charge in [0.2, 0.25) is 12.2 Å². The molecule has 0 spiro atoms. The summed E-state index contributed by atoms with van der Waals surface area (Å²) in [4.78, 5) is 57.2. The fraction of sp³-hybridized carbons (Fsp3) is 0.233. The zero-order chi connectivity index (χ0) is 29.8. The molecule has 0 aromatic heterocycles. The van der Waals surface area contributed by atoms with Crippen LogP contribution in [-0.2, 0) is 23.9 Å². The number of rotatable bonds is 7. The molecule has 3 aromatic carbocycles. The Morgan fingerprint density at radius 1 is 1.10 bits per heavy atom. The number of nitrogens with one attached hydrogen (secondary N) is 2. The third-order valence-corrected chi connectivity index (χ3v) is 7.00. The predicted octanol–water partition coefficient (Wildman–Crippen LogP) is 3.20. The maximum atomic E-state index is 13.9. The minimum Gasteiger partial charge on any atom is -0.446 e. The number of carbonyl (C=O) groups is 4. The second kappa shape index (κ2) is 12.4. The number of ether oxygens (including phenoxy) is 2. The molecule has 2 heterocycles. The van der Waals surface area contributed by atoms with Crippen molar-refractivity contribution in [1.82, 2.24) is 5.32 Å². The molecule has 12 heteroatoms. The molecule has 1 saturated heterocycles. The Balaban J connectivity index is 1.42. The molecule has 3 atom stereocenters. The van der Waals surface area contributed by atoms with E-state index in [1.807, 2.05) is 30.3 Å². The predicted molar refractivity (Wildman–Crippen MR) is 154 cm³/mol. The number of carbonyl (C=O) groups excluding carboxylic acids is 4. The van der Waals surface area contributed by atoms with Gasteiger partial charge < -0.3 is 24.8 Å². The van der Waals surface area contributed by atoms with Gasteiger partial charge in [0.15, 0.2) is 6.04 Å². The van der Waals surface area contributed by atoms with Crippen LogP contribution in [0, 0.1) is 6.92 Å². The third kappa shape index (κ3) is 6.42. The van der Waals surface area contributed by atoms with Gasteiger partial charge in [-0.1, -0.05) is 60.1 Å². The fourth-order valence-electron chi connectivity index (χ4n) is 4.72. The third-order valence-electron chi connectivity index (χ3n) is 6.76. The summed E-state index contributed by atoms with van der Waals surface area (Å²) < 4.78 is 10.1. The summed E-state index contributed by atoms with van der Waals surface area (Å²) in [6.07, 6.45) is -2.47. The van der Waals surface area contributed by atoms with E-state index >= 15 is 0 Å². The van der Waals surface area contributed by atoms with E-state index in [1.54, 1.807) is 49.4 Å². The number of halogens is 1. The lowest BCUT2D eigenvalue weighted by atomic mass is 10.0. The molecule has 216 valence electrons. The van der Waals surface area contributed by atoms with Crippen LogP contribution < -0.4 is 15.5 Å². The van der Waals surface area contributed by atoms with Crippen LogP contribution in [0.3, 0.4) is 0 Å². The average molecular weight is 591 g/mol. The van der Waals surface area contributed by atoms with Crippen LogP contribution in [0.15, 0.2) is 77.8 Å². The van der Waals surface area contributed by atoms with Crippen LogP contribution in [0.25, 0.3) is 0 Å². The number of anilines is 2. The Hall–Kier alpha value is -4.74. The zero-order valence-electron chi connectivity index (χ0n) is 22.5. The quantitative estimate of drug-likeness (QED) is 0.358. The first kappa shape index (κ1) is 28.8. The number of benzene rings is 3.